The SMILES string of the molecule is Cc1cc(Oc2ccc(NC(=O)Nc3cc(C(C)(C)C)[nH]n3)c(F)c2)ccn1.O=C(Nc1ccc(Oc2ccncc2)cc1)Nc1ccnn1-c1ccc(CCO)cc1. The number of aryl methyl sites for hydroxylation is 1. The summed E-state index contributed by atoms with van der Waals surface area (Å²) in [6, 6.07) is 28.3. The van der Waals surface area contributed by atoms with Gasteiger partial charge in [-0.3, -0.25) is 25.7 Å². The zero-order valence-corrected chi connectivity index (χ0v) is 32.7. The van der Waals surface area contributed by atoms with E-state index in [4.69, 9.17) is 14.6 Å². The van der Waals surface area contributed by atoms with Gasteiger partial charge in [-0.2, -0.15) is 10.2 Å². The van der Waals surface area contributed by atoms with Gasteiger partial charge in [0.15, 0.2) is 5.82 Å². The van der Waals surface area contributed by atoms with Crippen molar-refractivity contribution in [3.8, 4) is 28.7 Å². The Bertz CT molecular complexity index is 2470. The molecule has 0 bridgehead atoms. The van der Waals surface area contributed by atoms with Gasteiger partial charge in [0.1, 0.15) is 34.6 Å². The number of amides is 4. The largest absolute Gasteiger partial charge is 0.457 e. The van der Waals surface area contributed by atoms with Crippen LogP contribution in [0.3, 0.4) is 0 Å². The summed E-state index contributed by atoms with van der Waals surface area (Å²) in [5.74, 6) is 2.48. The fourth-order valence-electron chi connectivity index (χ4n) is 5.38. The number of hydrogen-bond acceptors (Lipinski definition) is 9. The Kier molecular flexibility index (Phi) is 13.2. The predicted octanol–water partition coefficient (Wildman–Crippen LogP) is 9.22. The van der Waals surface area contributed by atoms with Crippen molar-refractivity contribution < 1.29 is 28.6 Å². The molecule has 59 heavy (non-hydrogen) atoms. The van der Waals surface area contributed by atoms with Crippen molar-refractivity contribution in [3.63, 3.8) is 0 Å². The van der Waals surface area contributed by atoms with Crippen molar-refractivity contribution in [2.24, 2.45) is 0 Å². The lowest BCUT2D eigenvalue weighted by atomic mass is 9.92. The maximum Gasteiger partial charge on any atom is 0.324 e. The minimum atomic E-state index is -0.615. The van der Waals surface area contributed by atoms with Crippen molar-refractivity contribution >= 4 is 35.1 Å². The number of urea groups is 2. The summed E-state index contributed by atoms with van der Waals surface area (Å²) in [4.78, 5) is 32.6. The molecule has 4 aromatic heterocycles. The van der Waals surface area contributed by atoms with Gasteiger partial charge in [-0.25, -0.2) is 18.7 Å². The van der Waals surface area contributed by atoms with Crippen LogP contribution in [-0.4, -0.2) is 53.7 Å². The van der Waals surface area contributed by atoms with E-state index in [1.807, 2.05) is 52.0 Å². The molecule has 4 heterocycles. The first-order valence-corrected chi connectivity index (χ1v) is 18.5. The van der Waals surface area contributed by atoms with Crippen LogP contribution in [0, 0.1) is 12.7 Å². The summed E-state index contributed by atoms with van der Waals surface area (Å²) in [7, 11) is 0. The maximum atomic E-state index is 14.3. The number of halogens is 1. The van der Waals surface area contributed by atoms with Crippen LogP contribution in [0.1, 0.15) is 37.7 Å². The molecular formula is C43H43FN10O5. The normalized spacial score (nSPS) is 10.8. The van der Waals surface area contributed by atoms with E-state index in [0.717, 1.165) is 22.6 Å². The lowest BCUT2D eigenvalue weighted by Crippen LogP contribution is -2.21. The molecule has 0 aliphatic carbocycles. The summed E-state index contributed by atoms with van der Waals surface area (Å²) in [5, 5.41) is 30.9. The summed E-state index contributed by atoms with van der Waals surface area (Å²) >= 11 is 0. The van der Waals surface area contributed by atoms with Crippen LogP contribution >= 0.6 is 0 Å². The fraction of sp³-hybridized carbons (Fsp3) is 0.163. The molecule has 0 spiro atoms. The molecule has 15 nitrogen and oxygen atoms in total. The number of hydrogen-bond donors (Lipinski definition) is 6. The van der Waals surface area contributed by atoms with Gasteiger partial charge >= 0.3 is 12.1 Å². The number of anilines is 4. The van der Waals surface area contributed by atoms with Crippen LogP contribution < -0.4 is 30.7 Å². The van der Waals surface area contributed by atoms with Crippen molar-refractivity contribution in [1.82, 2.24) is 29.9 Å². The van der Waals surface area contributed by atoms with E-state index in [9.17, 15) is 14.0 Å². The van der Waals surface area contributed by atoms with Crippen LogP contribution in [0.5, 0.6) is 23.0 Å². The summed E-state index contributed by atoms with van der Waals surface area (Å²) in [5.41, 5.74) is 4.03. The van der Waals surface area contributed by atoms with Gasteiger partial charge in [-0.1, -0.05) is 32.9 Å². The van der Waals surface area contributed by atoms with Crippen LogP contribution in [0.15, 0.2) is 128 Å². The van der Waals surface area contributed by atoms with Crippen LogP contribution in [0.4, 0.5) is 37.0 Å². The number of carbonyl (C=O) groups is 2. The Hall–Kier alpha value is -7.59. The van der Waals surface area contributed by atoms with Crippen molar-refractivity contribution in [2.75, 3.05) is 27.9 Å². The molecule has 0 radical (unpaired) electrons. The Labute approximate surface area is 339 Å². The number of nitrogens with one attached hydrogen (secondary N) is 5. The number of benzene rings is 3. The molecule has 4 amide bonds. The Morgan fingerprint density at radius 3 is 2.08 bits per heavy atom. The highest BCUT2D eigenvalue weighted by molar-refractivity contribution is 6.00. The number of aromatic amines is 1. The molecular weight excluding hydrogens is 756 g/mol. The number of rotatable bonds is 11. The molecule has 7 rings (SSSR count). The van der Waals surface area contributed by atoms with Crippen LogP contribution in [0.2, 0.25) is 0 Å². The first-order valence-electron chi connectivity index (χ1n) is 18.5. The fourth-order valence-corrected chi connectivity index (χ4v) is 5.38. The first kappa shape index (κ1) is 41.1. The second-order valence-electron chi connectivity index (χ2n) is 14.0. The smallest absolute Gasteiger partial charge is 0.324 e. The highest BCUT2D eigenvalue weighted by Gasteiger charge is 2.18. The minimum Gasteiger partial charge on any atom is -0.457 e. The Morgan fingerprint density at radius 1 is 0.746 bits per heavy atom. The number of pyridine rings is 2. The molecule has 16 heteroatoms. The highest BCUT2D eigenvalue weighted by atomic mass is 19.1. The summed E-state index contributed by atoms with van der Waals surface area (Å²) < 4.78 is 27.3. The van der Waals surface area contributed by atoms with Gasteiger partial charge in [-0.05, 0) is 85.6 Å². The molecule has 0 fully saturated rings. The Morgan fingerprint density at radius 2 is 1.41 bits per heavy atom. The molecule has 0 saturated carbocycles. The predicted molar refractivity (Wildman–Crippen MR) is 223 cm³/mol. The van der Waals surface area contributed by atoms with Gasteiger partial charge in [0.25, 0.3) is 0 Å². The van der Waals surface area contributed by atoms with E-state index in [1.165, 1.54) is 12.1 Å². The first-order chi connectivity index (χ1) is 28.4. The van der Waals surface area contributed by atoms with Crippen molar-refractivity contribution in [3.05, 3.63) is 151 Å². The van der Waals surface area contributed by atoms with E-state index in [1.54, 1.807) is 96.2 Å². The van der Waals surface area contributed by atoms with Gasteiger partial charge in [0.2, 0.25) is 0 Å². The number of H-pyrrole nitrogens is 1. The number of aliphatic hydroxyl groups is 1. The number of aromatic nitrogens is 6. The third-order valence-corrected chi connectivity index (χ3v) is 8.38. The maximum absolute atomic E-state index is 14.3. The zero-order valence-electron chi connectivity index (χ0n) is 32.7. The molecule has 0 saturated heterocycles. The second kappa shape index (κ2) is 19.0. The Balaban J connectivity index is 0.000000199. The highest BCUT2D eigenvalue weighted by Crippen LogP contribution is 2.27. The monoisotopic (exact) mass is 798 g/mol. The third kappa shape index (κ3) is 12.0. The standard InChI is InChI=1S/C23H21N5O3.C20H22FN5O2/c29-16-12-17-1-5-19(6-2-17)28-22(11-15-25-28)27-23(30)26-18-3-7-20(8-4-18)31-21-9-13-24-14-10-21;1-12-9-14(7-8-22-12)28-13-5-6-16(15(21)10-13)23-19(27)24-18-11-17(25-26-18)20(2,3)4/h1-11,13-15,29H,12,16H2,(H2,26,27,30);5-11H,1-4H3,(H3,23,24,25,26,27). The second-order valence-corrected chi connectivity index (χ2v) is 14.0. The lowest BCUT2D eigenvalue weighted by molar-refractivity contribution is 0.261. The van der Waals surface area contributed by atoms with E-state index in [0.29, 0.717) is 46.7 Å². The summed E-state index contributed by atoms with van der Waals surface area (Å²) in [6.45, 7) is 8.01. The number of ether oxygens (including phenoxy) is 2. The van der Waals surface area contributed by atoms with Gasteiger partial charge in [-0.15, -0.1) is 0 Å². The zero-order chi connectivity index (χ0) is 41.8. The number of nitrogens with zero attached hydrogens (tertiary/aromatic N) is 5. The van der Waals surface area contributed by atoms with E-state index < -0.39 is 11.8 Å². The van der Waals surface area contributed by atoms with Crippen LogP contribution in [0.25, 0.3) is 5.69 Å². The van der Waals surface area contributed by atoms with Crippen molar-refractivity contribution in [1.29, 1.82) is 0 Å². The van der Waals surface area contributed by atoms with E-state index in [-0.39, 0.29) is 23.7 Å². The third-order valence-electron chi connectivity index (χ3n) is 8.38. The molecule has 6 N–H and O–H groups in total. The molecule has 0 aliphatic heterocycles. The van der Waals surface area contributed by atoms with Gasteiger partial charge < -0.3 is 25.2 Å². The van der Waals surface area contributed by atoms with E-state index in [2.05, 4.69) is 46.5 Å². The van der Waals surface area contributed by atoms with Gasteiger partial charge in [0.05, 0.1) is 17.6 Å². The lowest BCUT2D eigenvalue weighted by Gasteiger charge is -2.14. The molecule has 0 aliphatic rings. The number of aliphatic hydroxyl groups excluding tert-OH is 1. The molecule has 3 aromatic carbocycles. The van der Waals surface area contributed by atoms with E-state index >= 15 is 0 Å². The van der Waals surface area contributed by atoms with Crippen molar-refractivity contribution in [2.45, 2.75) is 39.5 Å². The molecule has 0 atom stereocenters. The summed E-state index contributed by atoms with van der Waals surface area (Å²) in [6.07, 6.45) is 7.14. The number of carbonyl (C=O) groups excluding carboxylic acids is 2. The van der Waals surface area contributed by atoms with Crippen LogP contribution in [-0.2, 0) is 11.8 Å². The topological polar surface area (TPSA) is 193 Å². The van der Waals surface area contributed by atoms with Gasteiger partial charge in [0, 0.05) is 72.0 Å². The molecule has 302 valence electrons. The molecule has 0 unspecified atom stereocenters. The average molecular weight is 799 g/mol. The molecule has 7 aromatic rings. The minimum absolute atomic E-state index is 0.0299. The average Bonchev–Trinajstić information content (AvgIpc) is 3.88. The quantitative estimate of drug-likeness (QED) is 0.0740.